The summed E-state index contributed by atoms with van der Waals surface area (Å²) in [5.41, 5.74) is 3.89. The van der Waals surface area contributed by atoms with E-state index in [1.54, 1.807) is 5.57 Å². The SMILES string of the molecule is CCCCCC1(CCC(CC2=CCCCC2)c2ccc(OCC)cc2)CCCCC1. The minimum absolute atomic E-state index is 0.637. The summed E-state index contributed by atoms with van der Waals surface area (Å²) in [6, 6.07) is 9.09. The number of hydrogen-bond acceptors (Lipinski definition) is 1. The van der Waals surface area contributed by atoms with Crippen molar-refractivity contribution in [2.24, 2.45) is 5.41 Å². The van der Waals surface area contributed by atoms with E-state index in [2.05, 4.69) is 44.2 Å². The molecule has 0 bridgehead atoms. The molecule has 168 valence electrons. The molecule has 2 aliphatic rings. The van der Waals surface area contributed by atoms with Crippen LogP contribution < -0.4 is 4.74 Å². The summed E-state index contributed by atoms with van der Waals surface area (Å²) in [5.74, 6) is 1.69. The van der Waals surface area contributed by atoms with E-state index < -0.39 is 0 Å². The smallest absolute Gasteiger partial charge is 0.119 e. The van der Waals surface area contributed by atoms with Crippen molar-refractivity contribution in [3.05, 3.63) is 41.5 Å². The number of unbranched alkanes of at least 4 members (excludes halogenated alkanes) is 2. The Morgan fingerprint density at radius 3 is 2.37 bits per heavy atom. The number of hydrogen-bond donors (Lipinski definition) is 0. The fraction of sp³-hybridized carbons (Fsp3) is 0.724. The molecule has 1 unspecified atom stereocenters. The van der Waals surface area contributed by atoms with Gasteiger partial charge in [-0.2, -0.15) is 0 Å². The van der Waals surface area contributed by atoms with Crippen LogP contribution in [0.5, 0.6) is 5.75 Å². The Morgan fingerprint density at radius 2 is 1.70 bits per heavy atom. The maximum absolute atomic E-state index is 5.71. The van der Waals surface area contributed by atoms with Gasteiger partial charge in [-0.3, -0.25) is 0 Å². The minimum atomic E-state index is 0.637. The van der Waals surface area contributed by atoms with E-state index in [0.29, 0.717) is 11.3 Å². The molecule has 3 rings (SSSR count). The van der Waals surface area contributed by atoms with Crippen LogP contribution in [-0.4, -0.2) is 6.61 Å². The first-order chi connectivity index (χ1) is 14.7. The average Bonchev–Trinajstić information content (AvgIpc) is 2.79. The lowest BCUT2D eigenvalue weighted by atomic mass is 9.66. The molecule has 0 saturated heterocycles. The fourth-order valence-electron chi connectivity index (χ4n) is 5.95. The van der Waals surface area contributed by atoms with Gasteiger partial charge in [-0.25, -0.2) is 0 Å². The van der Waals surface area contributed by atoms with E-state index in [9.17, 15) is 0 Å². The normalized spacial score (nSPS) is 19.9. The highest BCUT2D eigenvalue weighted by molar-refractivity contribution is 5.30. The Morgan fingerprint density at radius 1 is 0.900 bits per heavy atom. The highest BCUT2D eigenvalue weighted by Crippen LogP contribution is 2.46. The van der Waals surface area contributed by atoms with E-state index in [1.165, 1.54) is 108 Å². The van der Waals surface area contributed by atoms with Crippen LogP contribution in [0.4, 0.5) is 0 Å². The molecule has 2 aliphatic carbocycles. The second-order valence-corrected chi connectivity index (χ2v) is 10.1. The van der Waals surface area contributed by atoms with E-state index in [-0.39, 0.29) is 0 Å². The van der Waals surface area contributed by atoms with Gasteiger partial charge in [-0.05, 0) is 100 Å². The lowest BCUT2D eigenvalue weighted by Gasteiger charge is -2.39. The molecule has 1 nitrogen and oxygen atoms in total. The van der Waals surface area contributed by atoms with Crippen molar-refractivity contribution in [2.45, 2.75) is 122 Å². The van der Waals surface area contributed by atoms with E-state index in [0.717, 1.165) is 12.4 Å². The first kappa shape index (κ1) is 23.4. The summed E-state index contributed by atoms with van der Waals surface area (Å²) in [6.45, 7) is 5.15. The van der Waals surface area contributed by atoms with Gasteiger partial charge in [0, 0.05) is 0 Å². The zero-order valence-electron chi connectivity index (χ0n) is 19.9. The maximum atomic E-state index is 5.71. The van der Waals surface area contributed by atoms with Crippen molar-refractivity contribution in [3.8, 4) is 5.75 Å². The number of rotatable bonds is 12. The van der Waals surface area contributed by atoms with Crippen LogP contribution >= 0.6 is 0 Å². The first-order valence-electron chi connectivity index (χ1n) is 13.2. The summed E-state index contributed by atoms with van der Waals surface area (Å²) in [4.78, 5) is 0. The Kier molecular flexibility index (Phi) is 9.82. The molecule has 1 atom stereocenters. The van der Waals surface area contributed by atoms with Gasteiger partial charge in [0.05, 0.1) is 6.61 Å². The summed E-state index contributed by atoms with van der Waals surface area (Å²) in [5, 5.41) is 0. The summed E-state index contributed by atoms with van der Waals surface area (Å²) < 4.78 is 5.71. The monoisotopic (exact) mass is 410 g/mol. The number of benzene rings is 1. The molecule has 1 fully saturated rings. The topological polar surface area (TPSA) is 9.23 Å². The van der Waals surface area contributed by atoms with Crippen molar-refractivity contribution in [1.82, 2.24) is 0 Å². The van der Waals surface area contributed by atoms with Gasteiger partial charge < -0.3 is 4.74 Å². The zero-order chi connectivity index (χ0) is 21.1. The Balaban J connectivity index is 1.70. The predicted molar refractivity (Wildman–Crippen MR) is 130 cm³/mol. The number of ether oxygens (including phenoxy) is 1. The van der Waals surface area contributed by atoms with Crippen LogP contribution in [0.2, 0.25) is 0 Å². The molecule has 0 radical (unpaired) electrons. The van der Waals surface area contributed by atoms with Crippen LogP contribution in [-0.2, 0) is 0 Å². The van der Waals surface area contributed by atoms with Crippen LogP contribution in [0.25, 0.3) is 0 Å². The third kappa shape index (κ3) is 7.17. The quantitative estimate of drug-likeness (QED) is 0.246. The lowest BCUT2D eigenvalue weighted by Crippen LogP contribution is -2.25. The molecule has 1 aromatic carbocycles. The van der Waals surface area contributed by atoms with Gasteiger partial charge >= 0.3 is 0 Å². The highest BCUT2D eigenvalue weighted by atomic mass is 16.5. The van der Waals surface area contributed by atoms with E-state index >= 15 is 0 Å². The molecule has 0 aromatic heterocycles. The standard InChI is InChI=1S/C29H46O/c1-3-5-10-20-29(21-11-7-12-22-29)23-19-27(24-25-13-8-6-9-14-25)26-15-17-28(18-16-26)30-4-2/h13,15-18,27H,3-12,14,19-24H2,1-2H3. The molecular weight excluding hydrogens is 364 g/mol. The van der Waals surface area contributed by atoms with Crippen molar-refractivity contribution in [1.29, 1.82) is 0 Å². The van der Waals surface area contributed by atoms with Gasteiger partial charge in [-0.1, -0.05) is 69.2 Å². The van der Waals surface area contributed by atoms with Gasteiger partial charge in [0.15, 0.2) is 0 Å². The predicted octanol–water partition coefficient (Wildman–Crippen LogP) is 9.37. The highest BCUT2D eigenvalue weighted by Gasteiger charge is 2.32. The first-order valence-corrected chi connectivity index (χ1v) is 13.2. The van der Waals surface area contributed by atoms with Crippen molar-refractivity contribution < 1.29 is 4.74 Å². The molecule has 0 N–H and O–H groups in total. The van der Waals surface area contributed by atoms with Gasteiger partial charge in [0.1, 0.15) is 5.75 Å². The third-order valence-electron chi connectivity index (χ3n) is 7.80. The van der Waals surface area contributed by atoms with Crippen molar-refractivity contribution >= 4 is 0 Å². The zero-order valence-corrected chi connectivity index (χ0v) is 19.9. The average molecular weight is 411 g/mol. The summed E-state index contributed by atoms with van der Waals surface area (Å²) in [7, 11) is 0. The summed E-state index contributed by atoms with van der Waals surface area (Å²) >= 11 is 0. The van der Waals surface area contributed by atoms with Crippen LogP contribution in [0.3, 0.4) is 0 Å². The van der Waals surface area contributed by atoms with Crippen molar-refractivity contribution in [2.75, 3.05) is 6.61 Å². The van der Waals surface area contributed by atoms with E-state index in [1.807, 2.05) is 0 Å². The molecule has 1 heteroatoms. The molecular formula is C29H46O. The molecule has 1 aromatic rings. The molecule has 0 aliphatic heterocycles. The minimum Gasteiger partial charge on any atom is -0.494 e. The lowest BCUT2D eigenvalue weighted by molar-refractivity contribution is 0.144. The van der Waals surface area contributed by atoms with Gasteiger partial charge in [0.2, 0.25) is 0 Å². The fourth-order valence-corrected chi connectivity index (χ4v) is 5.95. The Bertz CT molecular complexity index is 620. The van der Waals surface area contributed by atoms with Crippen LogP contribution in [0.1, 0.15) is 128 Å². The second kappa shape index (κ2) is 12.6. The van der Waals surface area contributed by atoms with E-state index in [4.69, 9.17) is 4.74 Å². The van der Waals surface area contributed by atoms with Crippen molar-refractivity contribution in [3.63, 3.8) is 0 Å². The molecule has 0 amide bonds. The summed E-state index contributed by atoms with van der Waals surface area (Å²) in [6.07, 6.45) is 25.1. The third-order valence-corrected chi connectivity index (χ3v) is 7.80. The van der Waals surface area contributed by atoms with Gasteiger partial charge in [0.25, 0.3) is 0 Å². The maximum Gasteiger partial charge on any atom is 0.119 e. The Hall–Kier alpha value is -1.24. The Labute approximate surface area is 186 Å². The molecule has 1 saturated carbocycles. The largest absolute Gasteiger partial charge is 0.494 e. The van der Waals surface area contributed by atoms with Gasteiger partial charge in [-0.15, -0.1) is 0 Å². The number of allylic oxidation sites excluding steroid dienone is 2. The molecule has 0 heterocycles. The van der Waals surface area contributed by atoms with Crippen LogP contribution in [0, 0.1) is 5.41 Å². The second-order valence-electron chi connectivity index (χ2n) is 10.1. The molecule has 30 heavy (non-hydrogen) atoms. The molecule has 0 spiro atoms. The van der Waals surface area contributed by atoms with Crippen LogP contribution in [0.15, 0.2) is 35.9 Å².